The van der Waals surface area contributed by atoms with E-state index in [9.17, 15) is 13.6 Å². The number of halogens is 2. The van der Waals surface area contributed by atoms with Crippen molar-refractivity contribution in [1.82, 2.24) is 4.90 Å². The van der Waals surface area contributed by atoms with Gasteiger partial charge in [0.2, 0.25) is 5.91 Å². The number of aliphatic hydroxyl groups excluding tert-OH is 1. The summed E-state index contributed by atoms with van der Waals surface area (Å²) >= 11 is 0. The SMILES string of the molecule is CCOCCC(=O)N(CCO)CC(F)F. The molecule has 15 heavy (non-hydrogen) atoms. The Morgan fingerprint density at radius 2 is 2.20 bits per heavy atom. The van der Waals surface area contributed by atoms with E-state index in [1.54, 1.807) is 6.92 Å². The molecule has 0 heterocycles. The number of nitrogens with zero attached hydrogens (tertiary/aromatic N) is 1. The molecular formula is C9H17F2NO3. The van der Waals surface area contributed by atoms with Gasteiger partial charge in [-0.2, -0.15) is 0 Å². The lowest BCUT2D eigenvalue weighted by Gasteiger charge is -2.21. The molecule has 0 aliphatic carbocycles. The minimum Gasteiger partial charge on any atom is -0.395 e. The first-order valence-corrected chi connectivity index (χ1v) is 4.86. The largest absolute Gasteiger partial charge is 0.395 e. The molecule has 0 saturated heterocycles. The number of carbonyl (C=O) groups excluding carboxylic acids is 1. The lowest BCUT2D eigenvalue weighted by Crippen LogP contribution is -2.37. The number of rotatable bonds is 8. The number of hydrogen-bond acceptors (Lipinski definition) is 3. The quantitative estimate of drug-likeness (QED) is 0.612. The molecule has 0 spiro atoms. The van der Waals surface area contributed by atoms with Crippen LogP contribution in [0.25, 0.3) is 0 Å². The molecule has 0 aromatic heterocycles. The van der Waals surface area contributed by atoms with E-state index in [0.717, 1.165) is 4.90 Å². The molecule has 4 nitrogen and oxygen atoms in total. The first-order valence-electron chi connectivity index (χ1n) is 4.86. The summed E-state index contributed by atoms with van der Waals surface area (Å²) in [6, 6.07) is 0. The van der Waals surface area contributed by atoms with E-state index in [-0.39, 0.29) is 26.2 Å². The third-order valence-corrected chi connectivity index (χ3v) is 1.75. The van der Waals surface area contributed by atoms with Crippen LogP contribution in [0.5, 0.6) is 0 Å². The molecule has 0 aromatic carbocycles. The molecule has 0 unspecified atom stereocenters. The van der Waals surface area contributed by atoms with Crippen LogP contribution in [-0.2, 0) is 9.53 Å². The van der Waals surface area contributed by atoms with Gasteiger partial charge in [-0.25, -0.2) is 8.78 Å². The van der Waals surface area contributed by atoms with Crippen LogP contribution in [0, 0.1) is 0 Å². The van der Waals surface area contributed by atoms with E-state index < -0.39 is 18.9 Å². The Labute approximate surface area is 87.8 Å². The Morgan fingerprint density at radius 1 is 1.53 bits per heavy atom. The van der Waals surface area contributed by atoms with Crippen LogP contribution >= 0.6 is 0 Å². The third-order valence-electron chi connectivity index (χ3n) is 1.75. The van der Waals surface area contributed by atoms with Crippen LogP contribution in [0.4, 0.5) is 8.78 Å². The molecule has 90 valence electrons. The van der Waals surface area contributed by atoms with E-state index in [0.29, 0.717) is 6.61 Å². The predicted molar refractivity (Wildman–Crippen MR) is 50.8 cm³/mol. The standard InChI is InChI=1S/C9H17F2NO3/c1-2-15-6-3-9(14)12(4-5-13)7-8(10)11/h8,13H,2-7H2,1H3. The first kappa shape index (κ1) is 14.2. The normalized spacial score (nSPS) is 10.7. The fraction of sp³-hybridized carbons (Fsp3) is 0.889. The molecule has 0 fully saturated rings. The summed E-state index contributed by atoms with van der Waals surface area (Å²) in [6.45, 7) is 1.49. The maximum absolute atomic E-state index is 12.1. The second kappa shape index (κ2) is 8.55. The zero-order valence-corrected chi connectivity index (χ0v) is 8.79. The Morgan fingerprint density at radius 3 is 2.67 bits per heavy atom. The Hall–Kier alpha value is -0.750. The van der Waals surface area contributed by atoms with Crippen molar-refractivity contribution in [3.63, 3.8) is 0 Å². The van der Waals surface area contributed by atoms with E-state index in [1.165, 1.54) is 0 Å². The fourth-order valence-electron chi connectivity index (χ4n) is 1.07. The van der Waals surface area contributed by atoms with Gasteiger partial charge in [-0.05, 0) is 6.92 Å². The van der Waals surface area contributed by atoms with Gasteiger partial charge in [0.15, 0.2) is 0 Å². The number of aliphatic hydroxyl groups is 1. The summed E-state index contributed by atoms with van der Waals surface area (Å²) in [5, 5.41) is 8.60. The van der Waals surface area contributed by atoms with Gasteiger partial charge in [0, 0.05) is 13.2 Å². The number of amides is 1. The van der Waals surface area contributed by atoms with Crippen molar-refractivity contribution in [2.45, 2.75) is 19.8 Å². The average molecular weight is 225 g/mol. The molecule has 0 bridgehead atoms. The third kappa shape index (κ3) is 7.21. The highest BCUT2D eigenvalue weighted by Crippen LogP contribution is 2.01. The average Bonchev–Trinajstić information content (AvgIpc) is 2.17. The van der Waals surface area contributed by atoms with Crippen LogP contribution in [0.1, 0.15) is 13.3 Å². The zero-order valence-electron chi connectivity index (χ0n) is 8.79. The zero-order chi connectivity index (χ0) is 11.7. The minimum atomic E-state index is -2.58. The van der Waals surface area contributed by atoms with Crippen molar-refractivity contribution < 1.29 is 23.4 Å². The van der Waals surface area contributed by atoms with Crippen LogP contribution in [-0.4, -0.2) is 55.2 Å². The molecule has 1 N–H and O–H groups in total. The summed E-state index contributed by atoms with van der Waals surface area (Å²) in [7, 11) is 0. The van der Waals surface area contributed by atoms with Gasteiger partial charge in [0.25, 0.3) is 6.43 Å². The topological polar surface area (TPSA) is 49.8 Å². The smallest absolute Gasteiger partial charge is 0.255 e. The summed E-state index contributed by atoms with van der Waals surface area (Å²) in [5.41, 5.74) is 0. The van der Waals surface area contributed by atoms with Crippen molar-refractivity contribution in [3.05, 3.63) is 0 Å². The second-order valence-corrected chi connectivity index (χ2v) is 2.90. The number of alkyl halides is 2. The maximum atomic E-state index is 12.1. The van der Waals surface area contributed by atoms with Crippen molar-refractivity contribution >= 4 is 5.91 Å². The summed E-state index contributed by atoms with van der Waals surface area (Å²) < 4.78 is 29.0. The minimum absolute atomic E-state index is 0.0602. The Kier molecular flexibility index (Phi) is 8.12. The first-order chi connectivity index (χ1) is 7.11. The summed E-state index contributed by atoms with van der Waals surface area (Å²) in [6.07, 6.45) is -2.51. The van der Waals surface area contributed by atoms with Crippen molar-refractivity contribution in [3.8, 4) is 0 Å². The Bertz CT molecular complexity index is 179. The second-order valence-electron chi connectivity index (χ2n) is 2.90. The van der Waals surface area contributed by atoms with Crippen LogP contribution in [0.15, 0.2) is 0 Å². The van der Waals surface area contributed by atoms with Gasteiger partial charge in [-0.3, -0.25) is 4.79 Å². The van der Waals surface area contributed by atoms with Crippen LogP contribution < -0.4 is 0 Å². The van der Waals surface area contributed by atoms with Gasteiger partial charge in [0.1, 0.15) is 0 Å². The molecular weight excluding hydrogens is 208 g/mol. The lowest BCUT2D eigenvalue weighted by atomic mass is 10.3. The molecule has 0 rings (SSSR count). The summed E-state index contributed by atoms with van der Waals surface area (Å²) in [4.78, 5) is 12.3. The van der Waals surface area contributed by atoms with E-state index in [1.807, 2.05) is 0 Å². The molecule has 0 aromatic rings. The molecule has 6 heteroatoms. The van der Waals surface area contributed by atoms with Crippen molar-refractivity contribution in [1.29, 1.82) is 0 Å². The highest BCUT2D eigenvalue weighted by Gasteiger charge is 2.17. The molecule has 0 radical (unpaired) electrons. The molecule has 0 aliphatic rings. The van der Waals surface area contributed by atoms with E-state index >= 15 is 0 Å². The van der Waals surface area contributed by atoms with Crippen molar-refractivity contribution in [2.24, 2.45) is 0 Å². The van der Waals surface area contributed by atoms with Gasteiger partial charge in [-0.15, -0.1) is 0 Å². The molecule has 0 saturated carbocycles. The number of hydrogen-bond donors (Lipinski definition) is 1. The van der Waals surface area contributed by atoms with Gasteiger partial charge in [-0.1, -0.05) is 0 Å². The van der Waals surface area contributed by atoms with E-state index in [2.05, 4.69) is 0 Å². The van der Waals surface area contributed by atoms with Gasteiger partial charge >= 0.3 is 0 Å². The maximum Gasteiger partial charge on any atom is 0.255 e. The monoisotopic (exact) mass is 225 g/mol. The van der Waals surface area contributed by atoms with Crippen molar-refractivity contribution in [2.75, 3.05) is 32.9 Å². The van der Waals surface area contributed by atoms with Crippen LogP contribution in [0.2, 0.25) is 0 Å². The summed E-state index contributed by atoms with van der Waals surface area (Å²) in [5.74, 6) is -0.419. The highest BCUT2D eigenvalue weighted by molar-refractivity contribution is 5.76. The highest BCUT2D eigenvalue weighted by atomic mass is 19.3. The van der Waals surface area contributed by atoms with Crippen LogP contribution in [0.3, 0.4) is 0 Å². The Balaban J connectivity index is 3.92. The predicted octanol–water partition coefficient (Wildman–Crippen LogP) is 0.499. The number of ether oxygens (including phenoxy) is 1. The molecule has 0 atom stereocenters. The molecule has 1 amide bonds. The lowest BCUT2D eigenvalue weighted by molar-refractivity contribution is -0.134. The molecule has 0 aliphatic heterocycles. The fourth-order valence-corrected chi connectivity index (χ4v) is 1.07. The van der Waals surface area contributed by atoms with E-state index in [4.69, 9.17) is 9.84 Å². The van der Waals surface area contributed by atoms with Gasteiger partial charge in [0.05, 0.1) is 26.2 Å². The number of carbonyl (C=O) groups is 1. The van der Waals surface area contributed by atoms with Gasteiger partial charge < -0.3 is 14.7 Å².